The molecule has 1 saturated heterocycles. The Labute approximate surface area is 319 Å². The average Bonchev–Trinajstić information content (AvgIpc) is 3.88. The van der Waals surface area contributed by atoms with E-state index in [0.29, 0.717) is 25.2 Å². The van der Waals surface area contributed by atoms with E-state index in [-0.39, 0.29) is 36.4 Å². The number of aromatic nitrogens is 1. The molecule has 0 aliphatic carbocycles. The van der Waals surface area contributed by atoms with Crippen LogP contribution in [0.25, 0.3) is 9.88 Å². The van der Waals surface area contributed by atoms with Crippen LogP contribution in [0.3, 0.4) is 0 Å². The zero-order chi connectivity index (χ0) is 38.3. The quantitative estimate of drug-likeness (QED) is 0.0741. The summed E-state index contributed by atoms with van der Waals surface area (Å²) >= 11 is 3.14. The Morgan fingerprint density at radius 2 is 1.75 bits per heavy atom. The van der Waals surface area contributed by atoms with Gasteiger partial charge in [0.1, 0.15) is 11.0 Å². The van der Waals surface area contributed by atoms with E-state index in [0.717, 1.165) is 21.1 Å². The number of amides is 3. The van der Waals surface area contributed by atoms with Crippen LogP contribution in [0.4, 0.5) is 4.79 Å². The van der Waals surface area contributed by atoms with Crippen LogP contribution in [-0.2, 0) is 27.8 Å². The molecule has 15 heteroatoms. The van der Waals surface area contributed by atoms with E-state index >= 15 is 0 Å². The van der Waals surface area contributed by atoms with E-state index in [1.54, 1.807) is 21.1 Å². The monoisotopic (exact) mass is 780 g/mol. The number of aliphatic hydroxyl groups is 1. The maximum absolute atomic E-state index is 14.4. The highest BCUT2D eigenvalue weighted by atomic mass is 32.2. The second-order valence-corrected chi connectivity index (χ2v) is 18.4. The molecule has 1 aliphatic heterocycles. The van der Waals surface area contributed by atoms with Crippen molar-refractivity contribution in [1.29, 1.82) is 0 Å². The SMILES string of the molecule is CC(C)CN(CC(O)C(Cc1ccccc1)NC(=O)[C@@H](N1CCN(Cc2csc(-c3cccs3)n2)C1=O)C(C)(C)C)S(=O)(=O)c1ccc(C=NO)cc1. The van der Waals surface area contributed by atoms with E-state index < -0.39 is 39.5 Å². The smallest absolute Gasteiger partial charge is 0.321 e. The number of nitrogens with one attached hydrogen (secondary N) is 1. The number of thiophene rings is 1. The fourth-order valence-corrected chi connectivity index (χ4v) is 9.69. The van der Waals surface area contributed by atoms with Gasteiger partial charge in [0.2, 0.25) is 15.9 Å². The molecule has 1 aliphatic rings. The van der Waals surface area contributed by atoms with Crippen molar-refractivity contribution in [1.82, 2.24) is 24.4 Å². The highest BCUT2D eigenvalue weighted by Gasteiger charge is 2.44. The Kier molecular flexibility index (Phi) is 13.1. The first-order chi connectivity index (χ1) is 25.2. The molecule has 2 aromatic heterocycles. The Balaban J connectivity index is 1.36. The normalized spacial score (nSPS) is 15.8. The fraction of sp³-hybridized carbons (Fsp3) is 0.421. The van der Waals surface area contributed by atoms with E-state index in [4.69, 9.17) is 10.2 Å². The summed E-state index contributed by atoms with van der Waals surface area (Å²) < 4.78 is 29.1. The van der Waals surface area contributed by atoms with Crippen molar-refractivity contribution >= 4 is 50.8 Å². The molecule has 53 heavy (non-hydrogen) atoms. The number of carbonyl (C=O) groups is 2. The second-order valence-electron chi connectivity index (χ2n) is 14.7. The van der Waals surface area contributed by atoms with Gasteiger partial charge in [-0.05, 0) is 52.5 Å². The zero-order valence-electron chi connectivity index (χ0n) is 30.6. The van der Waals surface area contributed by atoms with Gasteiger partial charge in [0.05, 0.1) is 40.4 Å². The van der Waals surface area contributed by atoms with Crippen LogP contribution in [0.15, 0.2) is 87.5 Å². The largest absolute Gasteiger partial charge is 0.411 e. The second kappa shape index (κ2) is 17.3. The van der Waals surface area contributed by atoms with Gasteiger partial charge in [0, 0.05) is 31.6 Å². The third-order valence-corrected chi connectivity index (χ3v) is 12.7. The number of hydrogen-bond acceptors (Lipinski definition) is 10. The minimum Gasteiger partial charge on any atom is -0.411 e. The number of nitrogens with zero attached hydrogens (tertiary/aromatic N) is 5. The molecule has 0 saturated carbocycles. The standard InChI is InChI=1S/C38H48N6O6S3/c1-26(2)22-43(53(49,50)30-15-13-28(14-16-30)21-39-48)24-32(45)31(20-27-10-7-6-8-11-27)41-35(46)34(38(3,4)5)44-18-17-42(37(44)47)23-29-25-52-36(40-29)33-12-9-19-51-33/h6-16,19,21,25-26,31-32,34,45,48H,17-18,20,22-24H2,1-5H3,(H,41,46)/t31?,32?,34-/m1/s1. The minimum absolute atomic E-state index is 0.0226. The molecule has 2 aromatic carbocycles. The lowest BCUT2D eigenvalue weighted by molar-refractivity contribution is -0.130. The van der Waals surface area contributed by atoms with E-state index in [1.807, 2.05) is 87.8 Å². The predicted molar refractivity (Wildman–Crippen MR) is 209 cm³/mol. The fourth-order valence-electron chi connectivity index (χ4n) is 6.45. The van der Waals surface area contributed by atoms with Crippen molar-refractivity contribution in [3.05, 3.63) is 94.3 Å². The molecule has 0 spiro atoms. The Morgan fingerprint density at radius 1 is 1.04 bits per heavy atom. The van der Waals surface area contributed by atoms with Gasteiger partial charge in [-0.2, -0.15) is 4.31 Å². The third-order valence-electron chi connectivity index (χ3n) is 8.92. The van der Waals surface area contributed by atoms with Crippen molar-refractivity contribution in [2.45, 2.75) is 70.7 Å². The van der Waals surface area contributed by atoms with Crippen LogP contribution < -0.4 is 5.32 Å². The van der Waals surface area contributed by atoms with Crippen LogP contribution in [0.1, 0.15) is 51.4 Å². The third kappa shape index (κ3) is 10.1. The molecule has 12 nitrogen and oxygen atoms in total. The first kappa shape index (κ1) is 40.0. The lowest BCUT2D eigenvalue weighted by Gasteiger charge is -2.38. The van der Waals surface area contributed by atoms with Crippen molar-refractivity contribution in [3.63, 3.8) is 0 Å². The summed E-state index contributed by atoms with van der Waals surface area (Å²) in [6.45, 7) is 10.4. The number of oxime groups is 1. The Bertz CT molecular complexity index is 1940. The van der Waals surface area contributed by atoms with Crippen molar-refractivity contribution in [2.75, 3.05) is 26.2 Å². The lowest BCUT2D eigenvalue weighted by atomic mass is 9.84. The summed E-state index contributed by atoms with van der Waals surface area (Å²) in [5.41, 5.74) is 1.47. The molecule has 1 fully saturated rings. The first-order valence-electron chi connectivity index (χ1n) is 17.5. The maximum atomic E-state index is 14.4. The Morgan fingerprint density at radius 3 is 2.38 bits per heavy atom. The van der Waals surface area contributed by atoms with Gasteiger partial charge < -0.3 is 25.4 Å². The zero-order valence-corrected chi connectivity index (χ0v) is 33.1. The summed E-state index contributed by atoms with van der Waals surface area (Å²) in [5, 5.41) is 31.6. The molecule has 3 N–H and O–H groups in total. The average molecular weight is 781 g/mol. The summed E-state index contributed by atoms with van der Waals surface area (Å²) in [5.74, 6) is -0.499. The number of sulfonamides is 1. The van der Waals surface area contributed by atoms with Gasteiger partial charge in [-0.3, -0.25) is 4.79 Å². The number of carbonyl (C=O) groups excluding carboxylic acids is 2. The predicted octanol–water partition coefficient (Wildman–Crippen LogP) is 5.77. The molecule has 2 unspecified atom stereocenters. The van der Waals surface area contributed by atoms with Crippen LogP contribution in [-0.4, -0.2) is 100 Å². The highest BCUT2D eigenvalue weighted by molar-refractivity contribution is 7.89. The van der Waals surface area contributed by atoms with Crippen molar-refractivity contribution < 1.29 is 28.3 Å². The molecule has 0 bridgehead atoms. The summed E-state index contributed by atoms with van der Waals surface area (Å²) in [4.78, 5) is 37.4. The number of urea groups is 1. The molecule has 0 radical (unpaired) electrons. The first-order valence-corrected chi connectivity index (χ1v) is 20.7. The number of thiazole rings is 1. The lowest BCUT2D eigenvalue weighted by Crippen LogP contribution is -2.59. The van der Waals surface area contributed by atoms with Gasteiger partial charge in [-0.25, -0.2) is 18.2 Å². The molecule has 5 rings (SSSR count). The number of hydrogen-bond donors (Lipinski definition) is 3. The maximum Gasteiger partial charge on any atom is 0.321 e. The van der Waals surface area contributed by atoms with Crippen LogP contribution >= 0.6 is 22.7 Å². The van der Waals surface area contributed by atoms with E-state index in [2.05, 4.69) is 10.5 Å². The molecule has 284 valence electrons. The molecule has 3 heterocycles. The summed E-state index contributed by atoms with van der Waals surface area (Å²) in [6.07, 6.45) is 0.123. The number of rotatable bonds is 16. The van der Waals surface area contributed by atoms with Gasteiger partial charge in [0.15, 0.2) is 0 Å². The van der Waals surface area contributed by atoms with Gasteiger partial charge in [-0.15, -0.1) is 22.7 Å². The van der Waals surface area contributed by atoms with Crippen molar-refractivity contribution in [3.8, 4) is 9.88 Å². The van der Waals surface area contributed by atoms with E-state index in [1.165, 1.54) is 46.1 Å². The molecule has 3 atom stereocenters. The molecular formula is C38H48N6O6S3. The minimum atomic E-state index is -4.07. The highest BCUT2D eigenvalue weighted by Crippen LogP contribution is 2.31. The molecule has 3 amide bonds. The van der Waals surface area contributed by atoms with E-state index in [9.17, 15) is 23.1 Å². The number of benzene rings is 2. The van der Waals surface area contributed by atoms with Gasteiger partial charge in [0.25, 0.3) is 0 Å². The van der Waals surface area contributed by atoms with Crippen LogP contribution in [0, 0.1) is 11.3 Å². The van der Waals surface area contributed by atoms with Crippen LogP contribution in [0.2, 0.25) is 0 Å². The molecule has 4 aromatic rings. The van der Waals surface area contributed by atoms with Crippen LogP contribution in [0.5, 0.6) is 0 Å². The Hall–Kier alpha value is -4.15. The van der Waals surface area contributed by atoms with Gasteiger partial charge in [-0.1, -0.05) is 88.3 Å². The number of aliphatic hydroxyl groups excluding tert-OH is 1. The summed E-state index contributed by atoms with van der Waals surface area (Å²) in [7, 11) is -4.07. The summed E-state index contributed by atoms with van der Waals surface area (Å²) in [6, 6.07) is 17.2. The van der Waals surface area contributed by atoms with Gasteiger partial charge >= 0.3 is 6.03 Å². The van der Waals surface area contributed by atoms with Crippen molar-refractivity contribution in [2.24, 2.45) is 16.5 Å². The molecular weight excluding hydrogens is 733 g/mol. The topological polar surface area (TPSA) is 156 Å².